The number of amides is 1. The van der Waals surface area contributed by atoms with Crippen LogP contribution in [0, 0.1) is 5.82 Å². The molecule has 0 unspecified atom stereocenters. The number of nitrogens with zero attached hydrogens (tertiary/aromatic N) is 2. The van der Waals surface area contributed by atoms with Crippen molar-refractivity contribution in [3.63, 3.8) is 0 Å². The van der Waals surface area contributed by atoms with E-state index in [0.29, 0.717) is 12.6 Å². The SMILES string of the molecule is O=CNCCCCc1cc(CNC2CC2)nn1-c1ccc(F)cc1. The molecular formula is C18H23FN4O. The van der Waals surface area contributed by atoms with Gasteiger partial charge in [0, 0.05) is 24.8 Å². The summed E-state index contributed by atoms with van der Waals surface area (Å²) in [6.45, 7) is 1.45. The zero-order valence-electron chi connectivity index (χ0n) is 13.7. The molecule has 0 radical (unpaired) electrons. The number of aryl methyl sites for hydroxylation is 1. The topological polar surface area (TPSA) is 59.0 Å². The molecule has 1 aliphatic rings. The molecular weight excluding hydrogens is 307 g/mol. The van der Waals surface area contributed by atoms with E-state index >= 15 is 0 Å². The Kier molecular flexibility index (Phi) is 5.59. The van der Waals surface area contributed by atoms with Gasteiger partial charge in [-0.3, -0.25) is 4.79 Å². The van der Waals surface area contributed by atoms with E-state index in [1.807, 2.05) is 4.68 Å². The van der Waals surface area contributed by atoms with Crippen molar-refractivity contribution in [1.82, 2.24) is 20.4 Å². The number of carbonyl (C=O) groups excluding carboxylic acids is 1. The fourth-order valence-corrected chi connectivity index (χ4v) is 2.67. The maximum Gasteiger partial charge on any atom is 0.207 e. The summed E-state index contributed by atoms with van der Waals surface area (Å²) in [5.41, 5.74) is 2.99. The average molecular weight is 330 g/mol. The third kappa shape index (κ3) is 4.64. The standard InChI is InChI=1S/C18H23FN4O/c19-14-4-8-17(9-5-14)23-18(3-1-2-10-20-13-24)11-16(22-23)12-21-15-6-7-15/h4-5,8-9,11,13,15,21H,1-3,6-7,10,12H2,(H,20,24). The summed E-state index contributed by atoms with van der Waals surface area (Å²) in [4.78, 5) is 10.3. The van der Waals surface area contributed by atoms with Crippen LogP contribution in [0.4, 0.5) is 4.39 Å². The molecule has 1 fully saturated rings. The number of nitrogens with one attached hydrogen (secondary N) is 2. The summed E-state index contributed by atoms with van der Waals surface area (Å²) in [5, 5.41) is 10.8. The van der Waals surface area contributed by atoms with Crippen molar-refractivity contribution in [2.75, 3.05) is 6.54 Å². The number of halogens is 1. The largest absolute Gasteiger partial charge is 0.359 e. The van der Waals surface area contributed by atoms with Gasteiger partial charge in [-0.05, 0) is 62.4 Å². The van der Waals surface area contributed by atoms with Crippen molar-refractivity contribution < 1.29 is 9.18 Å². The number of hydrogen-bond donors (Lipinski definition) is 2. The predicted octanol–water partition coefficient (Wildman–Crippen LogP) is 2.33. The second-order valence-electron chi connectivity index (χ2n) is 6.20. The molecule has 6 heteroatoms. The van der Waals surface area contributed by atoms with E-state index in [1.165, 1.54) is 25.0 Å². The molecule has 3 rings (SSSR count). The van der Waals surface area contributed by atoms with Crippen molar-refractivity contribution in [3.8, 4) is 5.69 Å². The minimum absolute atomic E-state index is 0.247. The normalized spacial score (nSPS) is 13.9. The Bertz CT molecular complexity index is 664. The van der Waals surface area contributed by atoms with Crippen molar-refractivity contribution in [2.24, 2.45) is 0 Å². The minimum Gasteiger partial charge on any atom is -0.359 e. The fourth-order valence-electron chi connectivity index (χ4n) is 2.67. The molecule has 1 aliphatic carbocycles. The van der Waals surface area contributed by atoms with Crippen LogP contribution in [-0.2, 0) is 17.8 Å². The smallest absolute Gasteiger partial charge is 0.207 e. The van der Waals surface area contributed by atoms with Crippen LogP contribution in [0.3, 0.4) is 0 Å². The van der Waals surface area contributed by atoms with Gasteiger partial charge in [-0.25, -0.2) is 9.07 Å². The zero-order chi connectivity index (χ0) is 16.8. The van der Waals surface area contributed by atoms with Crippen LogP contribution in [0.1, 0.15) is 37.1 Å². The minimum atomic E-state index is -0.247. The highest BCUT2D eigenvalue weighted by Crippen LogP contribution is 2.20. The molecule has 128 valence electrons. The maximum absolute atomic E-state index is 13.2. The van der Waals surface area contributed by atoms with Gasteiger partial charge in [-0.1, -0.05) is 0 Å². The molecule has 1 heterocycles. The first-order chi connectivity index (χ1) is 11.8. The zero-order valence-corrected chi connectivity index (χ0v) is 13.7. The van der Waals surface area contributed by atoms with Gasteiger partial charge >= 0.3 is 0 Å². The van der Waals surface area contributed by atoms with Crippen molar-refractivity contribution in [3.05, 3.63) is 47.5 Å². The lowest BCUT2D eigenvalue weighted by atomic mass is 10.1. The fraction of sp³-hybridized carbons (Fsp3) is 0.444. The Morgan fingerprint density at radius 1 is 1.25 bits per heavy atom. The van der Waals surface area contributed by atoms with Gasteiger partial charge in [0.25, 0.3) is 0 Å². The number of hydrogen-bond acceptors (Lipinski definition) is 3. The number of unbranched alkanes of at least 4 members (excludes halogenated alkanes) is 1. The highest BCUT2D eigenvalue weighted by molar-refractivity contribution is 5.45. The van der Waals surface area contributed by atoms with E-state index in [-0.39, 0.29) is 5.82 Å². The molecule has 5 nitrogen and oxygen atoms in total. The molecule has 24 heavy (non-hydrogen) atoms. The van der Waals surface area contributed by atoms with Crippen LogP contribution < -0.4 is 10.6 Å². The van der Waals surface area contributed by atoms with Crippen molar-refractivity contribution in [2.45, 2.75) is 44.7 Å². The summed E-state index contributed by atoms with van der Waals surface area (Å²) in [5.74, 6) is -0.247. The first kappa shape index (κ1) is 16.6. The molecule has 0 aliphatic heterocycles. The molecule has 2 N–H and O–H groups in total. The first-order valence-electron chi connectivity index (χ1n) is 8.50. The van der Waals surface area contributed by atoms with E-state index in [9.17, 15) is 9.18 Å². The van der Waals surface area contributed by atoms with Crippen LogP contribution in [0.15, 0.2) is 30.3 Å². The van der Waals surface area contributed by atoms with Crippen LogP contribution in [0.2, 0.25) is 0 Å². The van der Waals surface area contributed by atoms with Gasteiger partial charge in [0.15, 0.2) is 0 Å². The molecule has 2 aromatic rings. The van der Waals surface area contributed by atoms with Crippen molar-refractivity contribution in [1.29, 1.82) is 0 Å². The highest BCUT2D eigenvalue weighted by atomic mass is 19.1. The van der Waals surface area contributed by atoms with E-state index < -0.39 is 0 Å². The summed E-state index contributed by atoms with van der Waals surface area (Å²) >= 11 is 0. The summed E-state index contributed by atoms with van der Waals surface area (Å²) in [6, 6.07) is 9.16. The Labute approximate surface area is 141 Å². The van der Waals surface area contributed by atoms with Gasteiger partial charge in [-0.15, -0.1) is 0 Å². The molecule has 1 amide bonds. The van der Waals surface area contributed by atoms with E-state index in [1.54, 1.807) is 12.1 Å². The Hall–Kier alpha value is -2.21. The molecule has 0 spiro atoms. The second-order valence-corrected chi connectivity index (χ2v) is 6.20. The van der Waals surface area contributed by atoms with Gasteiger partial charge in [0.1, 0.15) is 5.82 Å². The lowest BCUT2D eigenvalue weighted by molar-refractivity contribution is -0.109. The third-order valence-corrected chi connectivity index (χ3v) is 4.14. The van der Waals surface area contributed by atoms with Crippen LogP contribution in [0.25, 0.3) is 5.69 Å². The number of rotatable bonds is 10. The summed E-state index contributed by atoms with van der Waals surface area (Å²) < 4.78 is 15.1. The molecule has 0 bridgehead atoms. The molecule has 1 aromatic heterocycles. The van der Waals surface area contributed by atoms with Crippen LogP contribution in [-0.4, -0.2) is 28.8 Å². The van der Waals surface area contributed by atoms with Gasteiger partial charge in [0.05, 0.1) is 11.4 Å². The average Bonchev–Trinajstić information content (AvgIpc) is 3.33. The quantitative estimate of drug-likeness (QED) is 0.519. The van der Waals surface area contributed by atoms with Crippen LogP contribution in [0.5, 0.6) is 0 Å². The number of carbonyl (C=O) groups is 1. The van der Waals surface area contributed by atoms with E-state index in [4.69, 9.17) is 0 Å². The molecule has 1 saturated carbocycles. The summed E-state index contributed by atoms with van der Waals surface area (Å²) in [7, 11) is 0. The van der Waals surface area contributed by atoms with Gasteiger partial charge < -0.3 is 10.6 Å². The van der Waals surface area contributed by atoms with Crippen molar-refractivity contribution >= 4 is 6.41 Å². The first-order valence-corrected chi connectivity index (χ1v) is 8.50. The Balaban J connectivity index is 1.70. The van der Waals surface area contributed by atoms with Crippen LogP contribution >= 0.6 is 0 Å². The third-order valence-electron chi connectivity index (χ3n) is 4.14. The Morgan fingerprint density at radius 3 is 2.75 bits per heavy atom. The summed E-state index contributed by atoms with van der Waals surface area (Å²) in [6.07, 6.45) is 5.97. The number of benzene rings is 1. The van der Waals surface area contributed by atoms with Gasteiger partial charge in [-0.2, -0.15) is 5.10 Å². The lowest BCUT2D eigenvalue weighted by Crippen LogP contribution is -2.15. The predicted molar refractivity (Wildman–Crippen MR) is 90.4 cm³/mol. The molecule has 0 atom stereocenters. The molecule has 0 saturated heterocycles. The van der Waals surface area contributed by atoms with Gasteiger partial charge in [0.2, 0.25) is 6.41 Å². The highest BCUT2D eigenvalue weighted by Gasteiger charge is 2.21. The Morgan fingerprint density at radius 2 is 2.04 bits per heavy atom. The lowest BCUT2D eigenvalue weighted by Gasteiger charge is -2.07. The van der Waals surface area contributed by atoms with E-state index in [0.717, 1.165) is 49.3 Å². The monoisotopic (exact) mass is 330 g/mol. The number of aromatic nitrogens is 2. The van der Waals surface area contributed by atoms with E-state index in [2.05, 4.69) is 21.8 Å². The second kappa shape index (κ2) is 8.06. The maximum atomic E-state index is 13.2. The molecule has 1 aromatic carbocycles.